The molecule has 9 heteroatoms. The number of aryl methyl sites for hydroxylation is 1. The minimum Gasteiger partial charge on any atom is -0.348 e. The number of aromatic amines is 1. The Morgan fingerprint density at radius 3 is 2.66 bits per heavy atom. The molecule has 0 aliphatic carbocycles. The molecule has 0 saturated carbocycles. The van der Waals surface area contributed by atoms with Gasteiger partial charge in [-0.15, -0.1) is 0 Å². The van der Waals surface area contributed by atoms with Crippen LogP contribution in [-0.2, 0) is 16.4 Å². The van der Waals surface area contributed by atoms with Crippen LogP contribution in [0.1, 0.15) is 21.5 Å². The summed E-state index contributed by atoms with van der Waals surface area (Å²) in [5, 5.41) is 10.2. The number of hydrogen-bond acceptors (Lipinski definition) is 6. The average molecular weight is 407 g/mol. The first kappa shape index (κ1) is 18.8. The highest BCUT2D eigenvalue weighted by molar-refractivity contribution is 7.91. The van der Waals surface area contributed by atoms with E-state index >= 15 is 0 Å². The standard InChI is InChI=1S/C20H17N5O3S/c1-13-6-7-21-12-18(13)29(27,28)17-4-2-14(3-5-17)9-23-20(26)16-8-15-11-24-25-19(15)22-10-16/h2-8,10-12H,9H2,1H3,(H,23,26)(H,22,24,25). The quantitative estimate of drug-likeness (QED) is 0.525. The largest absolute Gasteiger partial charge is 0.348 e. The van der Waals surface area contributed by atoms with Gasteiger partial charge in [0.25, 0.3) is 5.91 Å². The van der Waals surface area contributed by atoms with Gasteiger partial charge in [0.15, 0.2) is 5.65 Å². The number of benzene rings is 1. The number of pyridine rings is 2. The van der Waals surface area contributed by atoms with Gasteiger partial charge >= 0.3 is 0 Å². The van der Waals surface area contributed by atoms with Gasteiger partial charge in [0.05, 0.1) is 21.6 Å². The topological polar surface area (TPSA) is 118 Å². The minimum atomic E-state index is -3.64. The highest BCUT2D eigenvalue weighted by atomic mass is 32.2. The second-order valence-electron chi connectivity index (χ2n) is 6.50. The Bertz CT molecular complexity index is 1300. The van der Waals surface area contributed by atoms with Crippen molar-refractivity contribution in [3.8, 4) is 0 Å². The summed E-state index contributed by atoms with van der Waals surface area (Å²) in [6, 6.07) is 9.77. The summed E-state index contributed by atoms with van der Waals surface area (Å²) in [6.07, 6.45) is 5.98. The zero-order chi connectivity index (χ0) is 20.4. The fourth-order valence-electron chi connectivity index (χ4n) is 2.89. The summed E-state index contributed by atoms with van der Waals surface area (Å²) in [6.45, 7) is 1.99. The van der Waals surface area contributed by atoms with Gasteiger partial charge in [-0.05, 0) is 42.3 Å². The molecule has 1 amide bonds. The molecular weight excluding hydrogens is 390 g/mol. The Labute approximate surface area is 166 Å². The Morgan fingerprint density at radius 2 is 1.90 bits per heavy atom. The van der Waals surface area contributed by atoms with Crippen LogP contribution in [0.4, 0.5) is 0 Å². The molecule has 8 nitrogen and oxygen atoms in total. The summed E-state index contributed by atoms with van der Waals surface area (Å²) >= 11 is 0. The number of nitrogens with zero attached hydrogens (tertiary/aromatic N) is 3. The number of H-pyrrole nitrogens is 1. The van der Waals surface area contributed by atoms with Gasteiger partial charge in [0.2, 0.25) is 9.84 Å². The molecule has 0 spiro atoms. The molecule has 0 bridgehead atoms. The van der Waals surface area contributed by atoms with E-state index in [-0.39, 0.29) is 22.2 Å². The van der Waals surface area contributed by atoms with Crippen molar-refractivity contribution in [2.75, 3.05) is 0 Å². The molecule has 29 heavy (non-hydrogen) atoms. The van der Waals surface area contributed by atoms with Crippen LogP contribution in [0.5, 0.6) is 0 Å². The lowest BCUT2D eigenvalue weighted by atomic mass is 10.2. The Kier molecular flexibility index (Phi) is 4.81. The van der Waals surface area contributed by atoms with E-state index in [9.17, 15) is 13.2 Å². The number of aromatic nitrogens is 4. The third-order valence-corrected chi connectivity index (χ3v) is 6.42. The summed E-state index contributed by atoms with van der Waals surface area (Å²) in [5.74, 6) is -0.275. The maximum Gasteiger partial charge on any atom is 0.253 e. The van der Waals surface area contributed by atoms with E-state index in [0.717, 1.165) is 10.9 Å². The van der Waals surface area contributed by atoms with Crippen LogP contribution in [0.2, 0.25) is 0 Å². The highest BCUT2D eigenvalue weighted by Gasteiger charge is 2.20. The van der Waals surface area contributed by atoms with Crippen LogP contribution in [0, 0.1) is 6.92 Å². The Balaban J connectivity index is 1.47. The van der Waals surface area contributed by atoms with Crippen molar-refractivity contribution in [1.82, 2.24) is 25.5 Å². The Morgan fingerprint density at radius 1 is 1.10 bits per heavy atom. The van der Waals surface area contributed by atoms with Gasteiger partial charge in [-0.25, -0.2) is 13.4 Å². The molecular formula is C20H17N5O3S. The summed E-state index contributed by atoms with van der Waals surface area (Å²) in [4.78, 5) is 20.8. The van der Waals surface area contributed by atoms with Crippen LogP contribution in [0.15, 0.2) is 71.0 Å². The number of sulfone groups is 1. The molecule has 0 aliphatic heterocycles. The normalized spacial score (nSPS) is 11.5. The second-order valence-corrected chi connectivity index (χ2v) is 8.42. The molecule has 2 N–H and O–H groups in total. The number of carbonyl (C=O) groups excluding carboxylic acids is 1. The molecule has 0 fully saturated rings. The van der Waals surface area contributed by atoms with Gasteiger partial charge in [-0.1, -0.05) is 12.1 Å². The summed E-state index contributed by atoms with van der Waals surface area (Å²) in [5.41, 5.74) is 2.45. The molecule has 3 heterocycles. The lowest BCUT2D eigenvalue weighted by molar-refractivity contribution is 0.0950. The number of fused-ring (bicyclic) bond motifs is 1. The smallest absolute Gasteiger partial charge is 0.253 e. The first-order chi connectivity index (χ1) is 13.9. The van der Waals surface area contributed by atoms with E-state index < -0.39 is 9.84 Å². The SMILES string of the molecule is Cc1ccncc1S(=O)(=O)c1ccc(CNC(=O)c2cnc3[nH]ncc3c2)cc1. The van der Waals surface area contributed by atoms with Gasteiger partial charge in [0, 0.05) is 30.5 Å². The molecule has 4 rings (SSSR count). The van der Waals surface area contributed by atoms with Crippen molar-refractivity contribution in [1.29, 1.82) is 0 Å². The van der Waals surface area contributed by atoms with E-state index in [1.54, 1.807) is 43.6 Å². The van der Waals surface area contributed by atoms with Crippen LogP contribution in [0.25, 0.3) is 11.0 Å². The fourth-order valence-corrected chi connectivity index (χ4v) is 4.33. The van der Waals surface area contributed by atoms with Crippen LogP contribution in [0.3, 0.4) is 0 Å². The summed E-state index contributed by atoms with van der Waals surface area (Å²) in [7, 11) is -3.64. The minimum absolute atomic E-state index is 0.179. The van der Waals surface area contributed by atoms with E-state index in [2.05, 4.69) is 25.5 Å². The summed E-state index contributed by atoms with van der Waals surface area (Å²) < 4.78 is 25.6. The van der Waals surface area contributed by atoms with E-state index in [1.165, 1.54) is 24.5 Å². The van der Waals surface area contributed by atoms with Crippen LogP contribution < -0.4 is 5.32 Å². The van der Waals surface area contributed by atoms with Crippen molar-refractivity contribution in [3.63, 3.8) is 0 Å². The molecule has 0 saturated heterocycles. The van der Waals surface area contributed by atoms with E-state index in [4.69, 9.17) is 0 Å². The van der Waals surface area contributed by atoms with E-state index in [1.807, 2.05) is 0 Å². The molecule has 4 aromatic rings. The van der Waals surface area contributed by atoms with Crippen molar-refractivity contribution < 1.29 is 13.2 Å². The fraction of sp³-hybridized carbons (Fsp3) is 0.100. The maximum absolute atomic E-state index is 12.8. The number of carbonyl (C=O) groups is 1. The molecule has 0 radical (unpaired) electrons. The van der Waals surface area contributed by atoms with Crippen molar-refractivity contribution in [3.05, 3.63) is 77.9 Å². The van der Waals surface area contributed by atoms with Crippen LogP contribution in [-0.4, -0.2) is 34.5 Å². The monoisotopic (exact) mass is 407 g/mol. The Hall–Kier alpha value is -3.59. The number of rotatable bonds is 5. The van der Waals surface area contributed by atoms with Gasteiger partial charge in [-0.2, -0.15) is 5.10 Å². The predicted octanol–water partition coefficient (Wildman–Crippen LogP) is 2.42. The third-order valence-electron chi connectivity index (χ3n) is 4.52. The zero-order valence-electron chi connectivity index (χ0n) is 15.5. The third kappa shape index (κ3) is 3.72. The first-order valence-electron chi connectivity index (χ1n) is 8.77. The lowest BCUT2D eigenvalue weighted by Gasteiger charge is -2.09. The van der Waals surface area contributed by atoms with Gasteiger partial charge in [0.1, 0.15) is 0 Å². The van der Waals surface area contributed by atoms with Crippen molar-refractivity contribution in [2.45, 2.75) is 23.3 Å². The molecule has 0 unspecified atom stereocenters. The lowest BCUT2D eigenvalue weighted by Crippen LogP contribution is -2.22. The molecule has 0 aliphatic rings. The molecule has 146 valence electrons. The zero-order valence-corrected chi connectivity index (χ0v) is 16.3. The predicted molar refractivity (Wildman–Crippen MR) is 106 cm³/mol. The molecule has 0 atom stereocenters. The maximum atomic E-state index is 12.8. The van der Waals surface area contributed by atoms with Crippen molar-refractivity contribution >= 4 is 26.8 Å². The van der Waals surface area contributed by atoms with Crippen molar-refractivity contribution in [2.24, 2.45) is 0 Å². The molecule has 1 aromatic carbocycles. The van der Waals surface area contributed by atoms with E-state index in [0.29, 0.717) is 16.8 Å². The van der Waals surface area contributed by atoms with Gasteiger partial charge in [-0.3, -0.25) is 14.9 Å². The highest BCUT2D eigenvalue weighted by Crippen LogP contribution is 2.23. The second kappa shape index (κ2) is 7.44. The van der Waals surface area contributed by atoms with Crippen LogP contribution >= 0.6 is 0 Å². The number of amides is 1. The first-order valence-corrected chi connectivity index (χ1v) is 10.3. The molecule has 3 aromatic heterocycles. The van der Waals surface area contributed by atoms with Gasteiger partial charge < -0.3 is 5.32 Å². The number of hydrogen-bond donors (Lipinski definition) is 2. The average Bonchev–Trinajstić information content (AvgIpc) is 3.20. The number of nitrogens with one attached hydrogen (secondary N) is 2.